The Morgan fingerprint density at radius 3 is 2.40 bits per heavy atom. The largest absolute Gasteiger partial charge is 0.315 e. The Bertz CT molecular complexity index is 140. The Labute approximate surface area is 96.3 Å². The molecule has 0 amide bonds. The standard InChI is InChI=1S/C14H29N/c1-5-6-7-8-9-10-14(4)11-12-15-13(2)3/h5,13-15H,1,6-12H2,2-4H3. The molecule has 1 nitrogen and oxygen atoms in total. The highest BCUT2D eigenvalue weighted by molar-refractivity contribution is 4.66. The van der Waals surface area contributed by atoms with Gasteiger partial charge in [-0.25, -0.2) is 0 Å². The second-order valence-electron chi connectivity index (χ2n) is 4.93. The molecule has 0 aliphatic rings. The van der Waals surface area contributed by atoms with Crippen LogP contribution in [0.4, 0.5) is 0 Å². The highest BCUT2D eigenvalue weighted by Crippen LogP contribution is 2.13. The number of nitrogens with one attached hydrogen (secondary N) is 1. The van der Waals surface area contributed by atoms with Crippen LogP contribution in [0, 0.1) is 5.92 Å². The minimum atomic E-state index is 0.629. The topological polar surface area (TPSA) is 12.0 Å². The van der Waals surface area contributed by atoms with Crippen molar-refractivity contribution in [2.75, 3.05) is 6.54 Å². The van der Waals surface area contributed by atoms with Gasteiger partial charge in [-0.1, -0.05) is 46.1 Å². The van der Waals surface area contributed by atoms with Crippen LogP contribution in [0.1, 0.15) is 59.3 Å². The van der Waals surface area contributed by atoms with E-state index in [2.05, 4.69) is 32.7 Å². The van der Waals surface area contributed by atoms with Gasteiger partial charge in [0.2, 0.25) is 0 Å². The number of allylic oxidation sites excluding steroid dienone is 1. The Morgan fingerprint density at radius 1 is 1.07 bits per heavy atom. The van der Waals surface area contributed by atoms with E-state index in [1.165, 1.54) is 45.1 Å². The van der Waals surface area contributed by atoms with Gasteiger partial charge in [0.15, 0.2) is 0 Å². The van der Waals surface area contributed by atoms with E-state index in [1.54, 1.807) is 0 Å². The summed E-state index contributed by atoms with van der Waals surface area (Å²) in [5, 5.41) is 3.47. The molecule has 90 valence electrons. The number of hydrogen-bond donors (Lipinski definition) is 1. The first-order chi connectivity index (χ1) is 7.16. The van der Waals surface area contributed by atoms with Crippen molar-refractivity contribution >= 4 is 0 Å². The highest BCUT2D eigenvalue weighted by Gasteiger charge is 2.01. The van der Waals surface area contributed by atoms with Crippen LogP contribution in [0.5, 0.6) is 0 Å². The van der Waals surface area contributed by atoms with E-state index < -0.39 is 0 Å². The van der Waals surface area contributed by atoms with Gasteiger partial charge in [-0.05, 0) is 31.7 Å². The molecule has 0 spiro atoms. The van der Waals surface area contributed by atoms with E-state index in [1.807, 2.05) is 6.08 Å². The van der Waals surface area contributed by atoms with E-state index in [0.29, 0.717) is 6.04 Å². The molecule has 0 saturated carbocycles. The van der Waals surface area contributed by atoms with Gasteiger partial charge >= 0.3 is 0 Å². The van der Waals surface area contributed by atoms with Gasteiger partial charge in [0.05, 0.1) is 0 Å². The molecule has 0 bridgehead atoms. The molecule has 1 heteroatoms. The van der Waals surface area contributed by atoms with Gasteiger partial charge in [-0.3, -0.25) is 0 Å². The summed E-state index contributed by atoms with van der Waals surface area (Å²) < 4.78 is 0. The molecule has 0 rings (SSSR count). The van der Waals surface area contributed by atoms with Crippen molar-refractivity contribution in [3.63, 3.8) is 0 Å². The third-order valence-corrected chi connectivity index (χ3v) is 2.79. The molecule has 1 unspecified atom stereocenters. The minimum absolute atomic E-state index is 0.629. The Balaban J connectivity index is 3.18. The van der Waals surface area contributed by atoms with E-state index in [4.69, 9.17) is 0 Å². The van der Waals surface area contributed by atoms with Gasteiger partial charge in [0.25, 0.3) is 0 Å². The van der Waals surface area contributed by atoms with Crippen molar-refractivity contribution < 1.29 is 0 Å². The zero-order valence-corrected chi connectivity index (χ0v) is 10.9. The fourth-order valence-corrected chi connectivity index (χ4v) is 1.72. The van der Waals surface area contributed by atoms with Crippen LogP contribution in [0.3, 0.4) is 0 Å². The first-order valence-corrected chi connectivity index (χ1v) is 6.51. The summed E-state index contributed by atoms with van der Waals surface area (Å²) in [6.45, 7) is 11.7. The summed E-state index contributed by atoms with van der Waals surface area (Å²) in [6.07, 6.45) is 9.99. The smallest absolute Gasteiger partial charge is 0.00103 e. The number of unbranched alkanes of at least 4 members (excludes halogenated alkanes) is 3. The average Bonchev–Trinajstić information content (AvgIpc) is 2.17. The Morgan fingerprint density at radius 2 is 1.80 bits per heavy atom. The zero-order valence-electron chi connectivity index (χ0n) is 10.9. The van der Waals surface area contributed by atoms with Crippen LogP contribution in [-0.2, 0) is 0 Å². The van der Waals surface area contributed by atoms with Crippen molar-refractivity contribution in [2.45, 2.75) is 65.3 Å². The van der Waals surface area contributed by atoms with Gasteiger partial charge in [-0.2, -0.15) is 0 Å². The van der Waals surface area contributed by atoms with Crippen LogP contribution >= 0.6 is 0 Å². The minimum Gasteiger partial charge on any atom is -0.315 e. The Hall–Kier alpha value is -0.300. The van der Waals surface area contributed by atoms with Crippen LogP contribution < -0.4 is 5.32 Å². The quantitative estimate of drug-likeness (QED) is 0.423. The van der Waals surface area contributed by atoms with E-state index in [9.17, 15) is 0 Å². The van der Waals surface area contributed by atoms with E-state index in [-0.39, 0.29) is 0 Å². The molecule has 0 heterocycles. The molecule has 0 aromatic rings. The lowest BCUT2D eigenvalue weighted by atomic mass is 9.99. The van der Waals surface area contributed by atoms with Crippen molar-refractivity contribution in [3.05, 3.63) is 12.7 Å². The summed E-state index contributed by atoms with van der Waals surface area (Å²) >= 11 is 0. The lowest BCUT2D eigenvalue weighted by Crippen LogP contribution is -2.24. The fourth-order valence-electron chi connectivity index (χ4n) is 1.72. The molecule has 15 heavy (non-hydrogen) atoms. The first-order valence-electron chi connectivity index (χ1n) is 6.51. The van der Waals surface area contributed by atoms with E-state index >= 15 is 0 Å². The second kappa shape index (κ2) is 10.2. The van der Waals surface area contributed by atoms with Gasteiger partial charge in [-0.15, -0.1) is 6.58 Å². The summed E-state index contributed by atoms with van der Waals surface area (Å²) in [5.41, 5.74) is 0. The Kier molecular flexibility index (Phi) is 10.0. The first kappa shape index (κ1) is 14.7. The fraction of sp³-hybridized carbons (Fsp3) is 0.857. The molecule has 0 aliphatic heterocycles. The normalized spacial score (nSPS) is 13.1. The number of hydrogen-bond acceptors (Lipinski definition) is 1. The summed E-state index contributed by atoms with van der Waals surface area (Å²) in [5.74, 6) is 0.875. The monoisotopic (exact) mass is 211 g/mol. The molecule has 0 saturated heterocycles. The van der Waals surface area contributed by atoms with E-state index in [0.717, 1.165) is 5.92 Å². The molecule has 0 radical (unpaired) electrons. The molecule has 1 atom stereocenters. The summed E-state index contributed by atoms with van der Waals surface area (Å²) in [4.78, 5) is 0. The maximum absolute atomic E-state index is 3.74. The highest BCUT2D eigenvalue weighted by atomic mass is 14.9. The molecule has 0 aromatic heterocycles. The molecule has 0 aromatic carbocycles. The van der Waals surface area contributed by atoms with Crippen molar-refractivity contribution in [1.29, 1.82) is 0 Å². The van der Waals surface area contributed by atoms with Gasteiger partial charge in [0, 0.05) is 6.04 Å². The van der Waals surface area contributed by atoms with Crippen molar-refractivity contribution in [3.8, 4) is 0 Å². The van der Waals surface area contributed by atoms with Crippen LogP contribution in [0.2, 0.25) is 0 Å². The SMILES string of the molecule is C=CCCCCCC(C)CCNC(C)C. The van der Waals surface area contributed by atoms with Crippen LogP contribution in [0.15, 0.2) is 12.7 Å². The van der Waals surface area contributed by atoms with Crippen molar-refractivity contribution in [1.82, 2.24) is 5.32 Å². The third kappa shape index (κ3) is 11.6. The third-order valence-electron chi connectivity index (χ3n) is 2.79. The lowest BCUT2D eigenvalue weighted by molar-refractivity contribution is 0.434. The zero-order chi connectivity index (χ0) is 11.5. The van der Waals surface area contributed by atoms with Gasteiger partial charge in [0.1, 0.15) is 0 Å². The molecular weight excluding hydrogens is 182 g/mol. The summed E-state index contributed by atoms with van der Waals surface area (Å²) in [7, 11) is 0. The molecule has 0 aliphatic carbocycles. The van der Waals surface area contributed by atoms with Crippen LogP contribution in [-0.4, -0.2) is 12.6 Å². The average molecular weight is 211 g/mol. The van der Waals surface area contributed by atoms with Gasteiger partial charge < -0.3 is 5.32 Å². The van der Waals surface area contributed by atoms with Crippen molar-refractivity contribution in [2.24, 2.45) is 5.92 Å². The molecular formula is C14H29N. The molecule has 1 N–H and O–H groups in total. The molecule has 0 fully saturated rings. The second-order valence-corrected chi connectivity index (χ2v) is 4.93. The summed E-state index contributed by atoms with van der Waals surface area (Å²) in [6, 6.07) is 0.629. The predicted molar refractivity (Wildman–Crippen MR) is 70.2 cm³/mol. The maximum atomic E-state index is 3.74. The predicted octanol–water partition coefficient (Wildman–Crippen LogP) is 4.15. The lowest BCUT2D eigenvalue weighted by Gasteiger charge is -2.13. The maximum Gasteiger partial charge on any atom is 0.00103 e. The van der Waals surface area contributed by atoms with Crippen LogP contribution in [0.25, 0.3) is 0 Å². The number of rotatable bonds is 10.